The Kier molecular flexibility index (Phi) is 5.52. The molecular weight excluding hydrogens is 332 g/mol. The highest BCUT2D eigenvalue weighted by atomic mass is 16.5. The van der Waals surface area contributed by atoms with Crippen LogP contribution >= 0.6 is 0 Å². The summed E-state index contributed by atoms with van der Waals surface area (Å²) in [5, 5.41) is 10.8. The molecule has 0 atom stereocenters. The third-order valence-corrected chi connectivity index (χ3v) is 3.92. The first-order valence-electron chi connectivity index (χ1n) is 8.33. The van der Waals surface area contributed by atoms with E-state index in [-0.39, 0.29) is 5.91 Å². The average molecular weight is 352 g/mol. The van der Waals surface area contributed by atoms with Gasteiger partial charge in [0.2, 0.25) is 5.88 Å². The zero-order chi connectivity index (χ0) is 18.4. The summed E-state index contributed by atoms with van der Waals surface area (Å²) in [5.41, 5.74) is 1.39. The molecule has 0 saturated heterocycles. The second-order valence-corrected chi connectivity index (χ2v) is 5.54. The fraction of sp³-hybridized carbons (Fsp3) is 0.278. The molecule has 0 saturated carbocycles. The van der Waals surface area contributed by atoms with E-state index in [9.17, 15) is 4.79 Å². The minimum Gasteiger partial charge on any atom is -0.481 e. The van der Waals surface area contributed by atoms with Crippen LogP contribution in [0.1, 0.15) is 23.1 Å². The van der Waals surface area contributed by atoms with Crippen LogP contribution in [-0.4, -0.2) is 44.3 Å². The smallest absolute Gasteiger partial charge is 0.251 e. The molecule has 0 radical (unpaired) electrons. The van der Waals surface area contributed by atoms with Crippen molar-refractivity contribution in [1.82, 2.24) is 30.0 Å². The maximum atomic E-state index is 12.3. The summed E-state index contributed by atoms with van der Waals surface area (Å²) >= 11 is 0. The van der Waals surface area contributed by atoms with E-state index in [0.29, 0.717) is 30.2 Å². The number of hydrogen-bond donors (Lipinski definition) is 1. The van der Waals surface area contributed by atoms with Gasteiger partial charge < -0.3 is 14.6 Å². The predicted octanol–water partition coefficient (Wildman–Crippen LogP) is 1.74. The van der Waals surface area contributed by atoms with Crippen molar-refractivity contribution >= 4 is 5.91 Å². The summed E-state index contributed by atoms with van der Waals surface area (Å²) in [4.78, 5) is 20.8. The largest absolute Gasteiger partial charge is 0.481 e. The highest BCUT2D eigenvalue weighted by Gasteiger charge is 2.09. The number of aromatic nitrogens is 5. The van der Waals surface area contributed by atoms with Crippen molar-refractivity contribution < 1.29 is 9.53 Å². The van der Waals surface area contributed by atoms with Gasteiger partial charge >= 0.3 is 0 Å². The van der Waals surface area contributed by atoms with Crippen LogP contribution in [0.2, 0.25) is 0 Å². The summed E-state index contributed by atoms with van der Waals surface area (Å²) < 4.78 is 7.06. The molecule has 0 aliphatic carbocycles. The monoisotopic (exact) mass is 352 g/mol. The van der Waals surface area contributed by atoms with Crippen LogP contribution in [0, 0.1) is 0 Å². The maximum Gasteiger partial charge on any atom is 0.251 e. The summed E-state index contributed by atoms with van der Waals surface area (Å²) in [6.07, 6.45) is 3.96. The van der Waals surface area contributed by atoms with Gasteiger partial charge in [-0.15, -0.1) is 10.2 Å². The van der Waals surface area contributed by atoms with Crippen LogP contribution in [0.3, 0.4) is 0 Å². The average Bonchev–Trinajstić information content (AvgIpc) is 3.15. The highest BCUT2D eigenvalue weighted by molar-refractivity contribution is 5.94. The van der Waals surface area contributed by atoms with Crippen molar-refractivity contribution in [3.63, 3.8) is 0 Å². The van der Waals surface area contributed by atoms with E-state index in [0.717, 1.165) is 17.9 Å². The van der Waals surface area contributed by atoms with Crippen molar-refractivity contribution in [3.8, 4) is 17.3 Å². The van der Waals surface area contributed by atoms with Crippen LogP contribution in [0.4, 0.5) is 0 Å². The Bertz CT molecular complexity index is 875. The van der Waals surface area contributed by atoms with Crippen LogP contribution in [0.5, 0.6) is 5.88 Å². The number of ether oxygens (including phenoxy) is 1. The van der Waals surface area contributed by atoms with Crippen LogP contribution in [0.15, 0.2) is 42.9 Å². The molecule has 2 heterocycles. The standard InChI is InChI=1S/C18H20N6O2/c1-3-24-12-21-23-15(24)8-10-20-18(25)14-6-4-13(5-7-14)17-19-11-9-16(22-17)26-2/h4-7,9,11-12H,3,8,10H2,1-2H3,(H,20,25). The molecule has 3 aromatic rings. The van der Waals surface area contributed by atoms with Crippen LogP contribution in [0.25, 0.3) is 11.4 Å². The number of nitrogens with zero attached hydrogens (tertiary/aromatic N) is 5. The Labute approximate surface area is 151 Å². The number of aryl methyl sites for hydroxylation is 1. The number of carbonyl (C=O) groups is 1. The van der Waals surface area contributed by atoms with Gasteiger partial charge in [0.25, 0.3) is 5.91 Å². The van der Waals surface area contributed by atoms with Gasteiger partial charge in [0.15, 0.2) is 5.82 Å². The third-order valence-electron chi connectivity index (χ3n) is 3.92. The zero-order valence-corrected chi connectivity index (χ0v) is 14.7. The quantitative estimate of drug-likeness (QED) is 0.696. The van der Waals surface area contributed by atoms with Crippen molar-refractivity contribution in [1.29, 1.82) is 0 Å². The lowest BCUT2D eigenvalue weighted by Crippen LogP contribution is -2.26. The van der Waals surface area contributed by atoms with Gasteiger partial charge in [-0.05, 0) is 19.1 Å². The van der Waals surface area contributed by atoms with Crippen molar-refractivity contribution in [2.75, 3.05) is 13.7 Å². The molecule has 8 heteroatoms. The topological polar surface area (TPSA) is 94.8 Å². The molecule has 1 N–H and O–H groups in total. The molecule has 0 aliphatic heterocycles. The molecule has 3 rings (SSSR count). The van der Waals surface area contributed by atoms with Crippen molar-refractivity contribution in [2.45, 2.75) is 19.9 Å². The Balaban J connectivity index is 1.60. The second-order valence-electron chi connectivity index (χ2n) is 5.54. The third kappa shape index (κ3) is 4.02. The minimum atomic E-state index is -0.134. The predicted molar refractivity (Wildman–Crippen MR) is 95.8 cm³/mol. The Hall–Kier alpha value is -3.29. The van der Waals surface area contributed by atoms with Crippen molar-refractivity contribution in [3.05, 3.63) is 54.2 Å². The molecular formula is C18H20N6O2. The van der Waals surface area contributed by atoms with Gasteiger partial charge in [-0.1, -0.05) is 12.1 Å². The Morgan fingerprint density at radius 1 is 1.23 bits per heavy atom. The van der Waals surface area contributed by atoms with E-state index < -0.39 is 0 Å². The highest BCUT2D eigenvalue weighted by Crippen LogP contribution is 2.17. The molecule has 0 bridgehead atoms. The van der Waals surface area contributed by atoms with Gasteiger partial charge in [0.1, 0.15) is 12.2 Å². The lowest BCUT2D eigenvalue weighted by Gasteiger charge is -2.07. The number of hydrogen-bond acceptors (Lipinski definition) is 6. The summed E-state index contributed by atoms with van der Waals surface area (Å²) in [6, 6.07) is 8.82. The first-order chi connectivity index (χ1) is 12.7. The lowest BCUT2D eigenvalue weighted by molar-refractivity contribution is 0.0954. The van der Waals surface area contributed by atoms with E-state index >= 15 is 0 Å². The van der Waals surface area contributed by atoms with Crippen LogP contribution in [-0.2, 0) is 13.0 Å². The maximum absolute atomic E-state index is 12.3. The molecule has 2 aromatic heterocycles. The molecule has 0 fully saturated rings. The molecule has 1 aromatic carbocycles. The normalized spacial score (nSPS) is 10.5. The van der Waals surface area contributed by atoms with Gasteiger partial charge in [0, 0.05) is 42.9 Å². The number of carbonyl (C=O) groups excluding carboxylic acids is 1. The van der Waals surface area contributed by atoms with Gasteiger partial charge in [-0.25, -0.2) is 4.98 Å². The van der Waals surface area contributed by atoms with E-state index in [2.05, 4.69) is 25.5 Å². The fourth-order valence-electron chi connectivity index (χ4n) is 2.49. The number of benzene rings is 1. The van der Waals surface area contributed by atoms with E-state index in [1.54, 1.807) is 37.8 Å². The molecule has 134 valence electrons. The summed E-state index contributed by atoms with van der Waals surface area (Å²) in [5.74, 6) is 1.77. The van der Waals surface area contributed by atoms with E-state index in [1.807, 2.05) is 23.6 Å². The second kappa shape index (κ2) is 8.19. The summed E-state index contributed by atoms with van der Waals surface area (Å²) in [7, 11) is 1.56. The van der Waals surface area contributed by atoms with E-state index in [1.165, 1.54) is 0 Å². The van der Waals surface area contributed by atoms with Gasteiger partial charge in [-0.2, -0.15) is 4.98 Å². The Morgan fingerprint density at radius 3 is 2.77 bits per heavy atom. The molecule has 8 nitrogen and oxygen atoms in total. The van der Waals surface area contributed by atoms with Gasteiger partial charge in [-0.3, -0.25) is 4.79 Å². The molecule has 0 spiro atoms. The number of amides is 1. The Morgan fingerprint density at radius 2 is 2.04 bits per heavy atom. The fourth-order valence-corrected chi connectivity index (χ4v) is 2.49. The molecule has 0 aliphatic rings. The van der Waals surface area contributed by atoms with Gasteiger partial charge in [0.05, 0.1) is 7.11 Å². The first kappa shape index (κ1) is 17.5. The van der Waals surface area contributed by atoms with E-state index in [4.69, 9.17) is 4.74 Å². The molecule has 0 unspecified atom stereocenters. The van der Waals surface area contributed by atoms with Crippen LogP contribution < -0.4 is 10.1 Å². The number of rotatable bonds is 7. The lowest BCUT2D eigenvalue weighted by atomic mass is 10.1. The van der Waals surface area contributed by atoms with Crippen molar-refractivity contribution in [2.24, 2.45) is 0 Å². The molecule has 1 amide bonds. The first-order valence-corrected chi connectivity index (χ1v) is 8.33. The zero-order valence-electron chi connectivity index (χ0n) is 14.7. The number of nitrogens with one attached hydrogen (secondary N) is 1. The summed E-state index contributed by atoms with van der Waals surface area (Å²) in [6.45, 7) is 3.33. The molecule has 26 heavy (non-hydrogen) atoms. The minimum absolute atomic E-state index is 0.134. The number of methoxy groups -OCH3 is 1. The SMILES string of the molecule is CCn1cnnc1CCNC(=O)c1ccc(-c2nccc(OC)n2)cc1.